The maximum Gasteiger partial charge on any atom is 0.416 e. The second-order valence-corrected chi connectivity index (χ2v) is 5.85. The molecule has 0 unspecified atom stereocenters. The molecule has 0 radical (unpaired) electrons. The van der Waals surface area contributed by atoms with Crippen molar-refractivity contribution < 1.29 is 41.0 Å². The summed E-state index contributed by atoms with van der Waals surface area (Å²) in [5.74, 6) is -2.85. The van der Waals surface area contributed by atoms with Crippen molar-refractivity contribution in [3.05, 3.63) is 70.8 Å². The van der Waals surface area contributed by atoms with E-state index in [1.165, 1.54) is 0 Å². The molecule has 2 rings (SSSR count). The minimum absolute atomic E-state index is 0.116. The lowest BCUT2D eigenvalue weighted by Gasteiger charge is -2.17. The summed E-state index contributed by atoms with van der Waals surface area (Å²) in [6, 6.07) is 6.84. The molecule has 0 saturated carbocycles. The number of aliphatic carboxylic acids is 1. The van der Waals surface area contributed by atoms with Crippen molar-refractivity contribution in [2.24, 2.45) is 0 Å². The zero-order valence-corrected chi connectivity index (χ0v) is 13.9. The Balaban J connectivity index is 2.34. The van der Waals surface area contributed by atoms with Gasteiger partial charge in [-0.15, -0.1) is 0 Å². The molecule has 0 aliphatic heterocycles. The van der Waals surface area contributed by atoms with Crippen LogP contribution in [0.2, 0.25) is 0 Å². The highest BCUT2D eigenvalue weighted by molar-refractivity contribution is 5.97. The van der Waals surface area contributed by atoms with Crippen molar-refractivity contribution >= 4 is 11.9 Å². The van der Waals surface area contributed by atoms with E-state index in [1.54, 1.807) is 30.3 Å². The van der Waals surface area contributed by atoms with Crippen LogP contribution in [0.5, 0.6) is 0 Å². The van der Waals surface area contributed by atoms with Gasteiger partial charge in [0, 0.05) is 12.0 Å². The molecule has 10 heteroatoms. The smallest absolute Gasteiger partial charge is 0.416 e. The second kappa shape index (κ2) is 7.91. The molecule has 0 bridgehead atoms. The molecule has 1 amide bonds. The Morgan fingerprint density at radius 1 is 0.893 bits per heavy atom. The molecular formula is C18H13F6NO3. The Bertz CT molecular complexity index is 830. The van der Waals surface area contributed by atoms with Gasteiger partial charge >= 0.3 is 18.3 Å². The molecule has 0 aliphatic rings. The molecule has 4 nitrogen and oxygen atoms in total. The number of carbonyl (C=O) groups is 2. The first-order valence-electron chi connectivity index (χ1n) is 7.75. The van der Waals surface area contributed by atoms with Crippen LogP contribution in [0, 0.1) is 0 Å². The van der Waals surface area contributed by atoms with E-state index in [0.717, 1.165) is 0 Å². The minimum Gasteiger partial charge on any atom is -0.480 e. The summed E-state index contributed by atoms with van der Waals surface area (Å²) in [6.07, 6.45) is -10.4. The number of amides is 1. The fourth-order valence-electron chi connectivity index (χ4n) is 2.38. The van der Waals surface area contributed by atoms with Gasteiger partial charge in [0.05, 0.1) is 11.1 Å². The fourth-order valence-corrected chi connectivity index (χ4v) is 2.38. The summed E-state index contributed by atoms with van der Waals surface area (Å²) in [6.45, 7) is 0. The van der Waals surface area contributed by atoms with E-state index in [1.807, 2.05) is 5.32 Å². The van der Waals surface area contributed by atoms with E-state index in [4.69, 9.17) is 0 Å². The highest BCUT2D eigenvalue weighted by Crippen LogP contribution is 2.36. The van der Waals surface area contributed by atoms with Crippen molar-refractivity contribution in [3.8, 4) is 0 Å². The van der Waals surface area contributed by atoms with Crippen LogP contribution in [0.4, 0.5) is 26.3 Å². The van der Waals surface area contributed by atoms with E-state index in [9.17, 15) is 41.0 Å². The molecule has 28 heavy (non-hydrogen) atoms. The van der Waals surface area contributed by atoms with Crippen LogP contribution in [0.3, 0.4) is 0 Å². The first-order chi connectivity index (χ1) is 12.9. The summed E-state index contributed by atoms with van der Waals surface area (Å²) < 4.78 is 77.3. The van der Waals surface area contributed by atoms with Gasteiger partial charge < -0.3 is 10.4 Å². The lowest BCUT2D eigenvalue weighted by Crippen LogP contribution is -2.42. The molecule has 0 aliphatic carbocycles. The first kappa shape index (κ1) is 21.3. The Labute approximate surface area is 154 Å². The van der Waals surface area contributed by atoms with Crippen molar-refractivity contribution in [1.29, 1.82) is 0 Å². The Kier molecular flexibility index (Phi) is 6.01. The van der Waals surface area contributed by atoms with E-state index in [2.05, 4.69) is 0 Å². The molecule has 0 aromatic heterocycles. The van der Waals surface area contributed by atoms with E-state index < -0.39 is 47.0 Å². The molecule has 0 heterocycles. The summed E-state index contributed by atoms with van der Waals surface area (Å²) in [7, 11) is 0. The minimum atomic E-state index is -5.12. The predicted molar refractivity (Wildman–Crippen MR) is 85.5 cm³/mol. The van der Waals surface area contributed by atoms with Crippen LogP contribution < -0.4 is 5.32 Å². The number of carboxylic acids is 1. The second-order valence-electron chi connectivity index (χ2n) is 5.85. The molecular weight excluding hydrogens is 392 g/mol. The van der Waals surface area contributed by atoms with Crippen molar-refractivity contribution in [3.63, 3.8) is 0 Å². The number of carboxylic acid groups (broad SMARTS) is 1. The average molecular weight is 405 g/mol. The predicted octanol–water partition coefficient (Wildman–Crippen LogP) is 4.15. The van der Waals surface area contributed by atoms with Gasteiger partial charge in [0.1, 0.15) is 6.04 Å². The first-order valence-corrected chi connectivity index (χ1v) is 7.75. The topological polar surface area (TPSA) is 66.4 Å². The van der Waals surface area contributed by atoms with Crippen molar-refractivity contribution in [2.75, 3.05) is 0 Å². The van der Waals surface area contributed by atoms with Gasteiger partial charge in [-0.05, 0) is 23.8 Å². The monoisotopic (exact) mass is 405 g/mol. The van der Waals surface area contributed by atoms with Gasteiger partial charge in [0.15, 0.2) is 0 Å². The standard InChI is InChI=1S/C18H13F6NO3/c19-17(20,21)12-7-11(8-13(9-12)18(22,23)24)15(26)25-14(16(27)28)6-10-4-2-1-3-5-10/h1-5,7-9,14H,6H2,(H,25,26)(H,27,28)/t14-/m0/s1. The summed E-state index contributed by atoms with van der Waals surface area (Å²) >= 11 is 0. The normalized spacial score (nSPS) is 13.1. The molecule has 1 atom stereocenters. The number of carbonyl (C=O) groups excluding carboxylic acids is 1. The third-order valence-corrected chi connectivity index (χ3v) is 3.74. The number of alkyl halides is 6. The number of halogens is 6. The van der Waals surface area contributed by atoms with Crippen LogP contribution in [0.25, 0.3) is 0 Å². The largest absolute Gasteiger partial charge is 0.480 e. The SMILES string of the molecule is O=C(N[C@@H](Cc1ccccc1)C(=O)O)c1cc(C(F)(F)F)cc(C(F)(F)F)c1. The molecule has 2 aromatic rings. The maximum atomic E-state index is 12.9. The van der Waals surface area contributed by atoms with Gasteiger partial charge in [-0.1, -0.05) is 30.3 Å². The number of benzene rings is 2. The van der Waals surface area contributed by atoms with Gasteiger partial charge in [-0.3, -0.25) is 4.79 Å². The molecule has 0 fully saturated rings. The van der Waals surface area contributed by atoms with Gasteiger partial charge in [-0.25, -0.2) is 4.79 Å². The van der Waals surface area contributed by atoms with Crippen LogP contribution in [-0.4, -0.2) is 23.0 Å². The molecule has 2 aromatic carbocycles. The number of hydrogen-bond acceptors (Lipinski definition) is 2. The molecule has 2 N–H and O–H groups in total. The van der Waals surface area contributed by atoms with Crippen molar-refractivity contribution in [2.45, 2.75) is 24.8 Å². The molecule has 0 saturated heterocycles. The zero-order valence-electron chi connectivity index (χ0n) is 13.9. The molecule has 0 spiro atoms. The van der Waals surface area contributed by atoms with Crippen LogP contribution in [0.15, 0.2) is 48.5 Å². The highest BCUT2D eigenvalue weighted by Gasteiger charge is 2.37. The van der Waals surface area contributed by atoms with Crippen LogP contribution in [-0.2, 0) is 23.6 Å². The van der Waals surface area contributed by atoms with Gasteiger partial charge in [0.25, 0.3) is 5.91 Å². The third-order valence-electron chi connectivity index (χ3n) is 3.74. The van der Waals surface area contributed by atoms with E-state index >= 15 is 0 Å². The summed E-state index contributed by atoms with van der Waals surface area (Å²) in [5.41, 5.74) is -3.76. The quantitative estimate of drug-likeness (QED) is 0.735. The van der Waals surface area contributed by atoms with Crippen LogP contribution >= 0.6 is 0 Å². The maximum absolute atomic E-state index is 12.9. The summed E-state index contributed by atoms with van der Waals surface area (Å²) in [4.78, 5) is 23.5. The van der Waals surface area contributed by atoms with E-state index in [0.29, 0.717) is 5.56 Å². The highest BCUT2D eigenvalue weighted by atomic mass is 19.4. The Morgan fingerprint density at radius 2 is 1.39 bits per heavy atom. The van der Waals surface area contributed by atoms with Crippen molar-refractivity contribution in [1.82, 2.24) is 5.32 Å². The third kappa shape index (κ3) is 5.48. The average Bonchev–Trinajstić information content (AvgIpc) is 2.60. The lowest BCUT2D eigenvalue weighted by atomic mass is 10.0. The lowest BCUT2D eigenvalue weighted by molar-refractivity contribution is -0.143. The number of hydrogen-bond donors (Lipinski definition) is 2. The molecule has 150 valence electrons. The fraction of sp³-hybridized carbons (Fsp3) is 0.222. The van der Waals surface area contributed by atoms with Gasteiger partial charge in [0.2, 0.25) is 0 Å². The zero-order chi connectivity index (χ0) is 21.1. The number of nitrogens with one attached hydrogen (secondary N) is 1. The van der Waals surface area contributed by atoms with E-state index in [-0.39, 0.29) is 24.6 Å². The number of rotatable bonds is 5. The summed E-state index contributed by atoms with van der Waals surface area (Å²) in [5, 5.41) is 11.2. The van der Waals surface area contributed by atoms with Crippen LogP contribution in [0.1, 0.15) is 27.0 Å². The Hall–Kier alpha value is -3.04. The Morgan fingerprint density at radius 3 is 1.82 bits per heavy atom. The van der Waals surface area contributed by atoms with Gasteiger partial charge in [-0.2, -0.15) is 26.3 Å².